The van der Waals surface area contributed by atoms with Crippen molar-refractivity contribution in [2.24, 2.45) is 5.14 Å². The Morgan fingerprint density at radius 3 is 2.71 bits per heavy atom. The Hall–Kier alpha value is -0.670. The second kappa shape index (κ2) is 6.21. The molecular formula is C12H14BrClN2O4S. The highest BCUT2D eigenvalue weighted by atomic mass is 79.9. The molecule has 1 aliphatic rings. The Morgan fingerprint density at radius 1 is 1.52 bits per heavy atom. The number of halogens is 2. The van der Waals surface area contributed by atoms with E-state index in [0.29, 0.717) is 13.0 Å². The second-order valence-corrected chi connectivity index (χ2v) is 7.55. The molecule has 0 bridgehead atoms. The maximum Gasteiger partial charge on any atom is 0.253 e. The first-order valence-corrected chi connectivity index (χ1v) is 8.86. The van der Waals surface area contributed by atoms with Crippen molar-refractivity contribution in [1.82, 2.24) is 5.32 Å². The lowest BCUT2D eigenvalue weighted by Gasteiger charge is -2.17. The molecule has 116 valence electrons. The number of carbonyl (C=O) groups excluding carboxylic acids is 1. The molecule has 1 amide bonds. The molecule has 0 aliphatic carbocycles. The summed E-state index contributed by atoms with van der Waals surface area (Å²) in [5.41, 5.74) is 0.0502. The summed E-state index contributed by atoms with van der Waals surface area (Å²) in [5, 5.41) is 8.00. The normalized spacial score (nSPS) is 22.3. The van der Waals surface area contributed by atoms with Crippen LogP contribution in [-0.4, -0.2) is 33.1 Å². The molecule has 2 atom stereocenters. The van der Waals surface area contributed by atoms with Gasteiger partial charge in [-0.05, 0) is 41.4 Å². The van der Waals surface area contributed by atoms with Crippen LogP contribution in [0.2, 0.25) is 5.02 Å². The van der Waals surface area contributed by atoms with Gasteiger partial charge in [-0.25, -0.2) is 13.6 Å². The van der Waals surface area contributed by atoms with Crippen LogP contribution in [0.4, 0.5) is 0 Å². The molecular weight excluding hydrogens is 384 g/mol. The minimum Gasteiger partial charge on any atom is -0.376 e. The van der Waals surface area contributed by atoms with Crippen molar-refractivity contribution >= 4 is 43.5 Å². The lowest BCUT2D eigenvalue weighted by atomic mass is 10.1. The summed E-state index contributed by atoms with van der Waals surface area (Å²) in [5.74, 6) is -0.464. The van der Waals surface area contributed by atoms with Crippen molar-refractivity contribution in [2.45, 2.75) is 30.4 Å². The van der Waals surface area contributed by atoms with Gasteiger partial charge in [0.15, 0.2) is 0 Å². The first-order chi connectivity index (χ1) is 9.70. The predicted octanol–water partition coefficient (Wildman–Crippen LogP) is 1.66. The van der Waals surface area contributed by atoms with Gasteiger partial charge in [0.25, 0.3) is 5.91 Å². The zero-order valence-electron chi connectivity index (χ0n) is 11.1. The fourth-order valence-electron chi connectivity index (χ4n) is 2.06. The van der Waals surface area contributed by atoms with E-state index >= 15 is 0 Å². The van der Waals surface area contributed by atoms with E-state index in [1.54, 1.807) is 0 Å². The van der Waals surface area contributed by atoms with Crippen LogP contribution < -0.4 is 10.5 Å². The molecule has 0 saturated carbocycles. The topological polar surface area (TPSA) is 98.5 Å². The molecule has 2 unspecified atom stereocenters. The van der Waals surface area contributed by atoms with Crippen LogP contribution in [0.1, 0.15) is 23.7 Å². The molecule has 9 heteroatoms. The van der Waals surface area contributed by atoms with Gasteiger partial charge in [0.1, 0.15) is 0 Å². The average Bonchev–Trinajstić information content (AvgIpc) is 2.76. The molecule has 1 saturated heterocycles. The van der Waals surface area contributed by atoms with E-state index in [-0.39, 0.29) is 32.1 Å². The summed E-state index contributed by atoms with van der Waals surface area (Å²) in [7, 11) is -3.93. The fourth-order valence-corrected chi connectivity index (χ4v) is 3.43. The quantitative estimate of drug-likeness (QED) is 0.810. The highest BCUT2D eigenvalue weighted by molar-refractivity contribution is 9.10. The molecule has 0 aromatic heterocycles. The van der Waals surface area contributed by atoms with E-state index in [2.05, 4.69) is 21.2 Å². The third kappa shape index (κ3) is 3.75. The van der Waals surface area contributed by atoms with E-state index in [4.69, 9.17) is 21.5 Å². The standard InChI is InChI=1S/C12H14BrClN2O4S/c1-6-10(2-3-20-6)16-12(17)8-4-7(21(15,18)19)5-9(13)11(8)14/h4-6,10H,2-3H2,1H3,(H,16,17)(H2,15,18,19). The number of ether oxygens (including phenoxy) is 1. The van der Waals surface area contributed by atoms with E-state index in [9.17, 15) is 13.2 Å². The van der Waals surface area contributed by atoms with E-state index < -0.39 is 15.9 Å². The smallest absolute Gasteiger partial charge is 0.253 e. The number of nitrogens with two attached hydrogens (primary N) is 1. The Bertz CT molecular complexity index is 680. The van der Waals surface area contributed by atoms with E-state index in [1.807, 2.05) is 6.92 Å². The Balaban J connectivity index is 2.34. The van der Waals surface area contributed by atoms with Crippen molar-refractivity contribution in [1.29, 1.82) is 0 Å². The number of benzene rings is 1. The van der Waals surface area contributed by atoms with Crippen LogP contribution in [0.15, 0.2) is 21.5 Å². The largest absolute Gasteiger partial charge is 0.376 e. The zero-order valence-corrected chi connectivity index (χ0v) is 14.3. The molecule has 2 rings (SSSR count). The van der Waals surface area contributed by atoms with Crippen molar-refractivity contribution in [3.8, 4) is 0 Å². The van der Waals surface area contributed by atoms with Crippen LogP contribution in [0.25, 0.3) is 0 Å². The van der Waals surface area contributed by atoms with Crippen molar-refractivity contribution < 1.29 is 17.9 Å². The predicted molar refractivity (Wildman–Crippen MR) is 81.8 cm³/mol. The second-order valence-electron chi connectivity index (χ2n) is 4.76. The van der Waals surface area contributed by atoms with Gasteiger partial charge >= 0.3 is 0 Å². The van der Waals surface area contributed by atoms with Crippen molar-refractivity contribution in [3.05, 3.63) is 27.2 Å². The molecule has 0 spiro atoms. The number of sulfonamides is 1. The lowest BCUT2D eigenvalue weighted by Crippen LogP contribution is -2.39. The zero-order chi connectivity index (χ0) is 15.8. The molecule has 1 aliphatic heterocycles. The van der Waals surface area contributed by atoms with Crippen LogP contribution in [0, 0.1) is 0 Å². The fraction of sp³-hybridized carbons (Fsp3) is 0.417. The molecule has 21 heavy (non-hydrogen) atoms. The minimum absolute atomic E-state index is 0.0502. The molecule has 1 heterocycles. The summed E-state index contributed by atoms with van der Waals surface area (Å²) in [4.78, 5) is 12.1. The summed E-state index contributed by atoms with van der Waals surface area (Å²) < 4.78 is 28.5. The first-order valence-electron chi connectivity index (χ1n) is 6.14. The molecule has 3 N–H and O–H groups in total. The number of carbonyl (C=O) groups is 1. The minimum atomic E-state index is -3.93. The number of hydrogen-bond acceptors (Lipinski definition) is 4. The van der Waals surface area contributed by atoms with Crippen molar-refractivity contribution in [3.63, 3.8) is 0 Å². The first kappa shape index (κ1) is 16.7. The van der Waals surface area contributed by atoms with E-state index in [1.165, 1.54) is 6.07 Å². The SMILES string of the molecule is CC1OCCC1NC(=O)c1cc(S(N)(=O)=O)cc(Br)c1Cl. The number of rotatable bonds is 3. The van der Waals surface area contributed by atoms with Gasteiger partial charge in [-0.15, -0.1) is 0 Å². The lowest BCUT2D eigenvalue weighted by molar-refractivity contribution is 0.0866. The van der Waals surface area contributed by atoms with Gasteiger partial charge < -0.3 is 10.1 Å². The molecule has 1 aromatic rings. The maximum absolute atomic E-state index is 12.3. The Morgan fingerprint density at radius 2 is 2.19 bits per heavy atom. The van der Waals surface area contributed by atoms with Crippen LogP contribution in [0.3, 0.4) is 0 Å². The Labute approximate surface area is 136 Å². The summed E-state index contributed by atoms with van der Waals surface area (Å²) in [6.07, 6.45) is 0.596. The number of amides is 1. The maximum atomic E-state index is 12.3. The van der Waals surface area contributed by atoms with Crippen LogP contribution >= 0.6 is 27.5 Å². The molecule has 1 fully saturated rings. The van der Waals surface area contributed by atoms with Gasteiger partial charge in [0.2, 0.25) is 10.0 Å². The average molecular weight is 398 g/mol. The number of nitrogens with one attached hydrogen (secondary N) is 1. The highest BCUT2D eigenvalue weighted by Gasteiger charge is 2.27. The van der Waals surface area contributed by atoms with Gasteiger partial charge in [-0.3, -0.25) is 4.79 Å². The van der Waals surface area contributed by atoms with Crippen molar-refractivity contribution in [2.75, 3.05) is 6.61 Å². The third-order valence-electron chi connectivity index (χ3n) is 3.27. The number of primary sulfonamides is 1. The summed E-state index contributed by atoms with van der Waals surface area (Å²) in [6.45, 7) is 2.43. The van der Waals surface area contributed by atoms with Gasteiger partial charge in [-0.1, -0.05) is 11.6 Å². The van der Waals surface area contributed by atoms with Crippen LogP contribution in [-0.2, 0) is 14.8 Å². The summed E-state index contributed by atoms with van der Waals surface area (Å²) in [6, 6.07) is 2.29. The van der Waals surface area contributed by atoms with E-state index in [0.717, 1.165) is 6.07 Å². The monoisotopic (exact) mass is 396 g/mol. The third-order valence-corrected chi connectivity index (χ3v) is 5.42. The van der Waals surface area contributed by atoms with Crippen LogP contribution in [0.5, 0.6) is 0 Å². The Kier molecular flexibility index (Phi) is 4.94. The van der Waals surface area contributed by atoms with Gasteiger partial charge in [0, 0.05) is 11.1 Å². The summed E-state index contributed by atoms with van der Waals surface area (Å²) >= 11 is 9.18. The van der Waals surface area contributed by atoms with Gasteiger partial charge in [0.05, 0.1) is 27.6 Å². The molecule has 1 aromatic carbocycles. The number of hydrogen-bond donors (Lipinski definition) is 2. The molecule has 6 nitrogen and oxygen atoms in total. The van der Waals surface area contributed by atoms with Gasteiger partial charge in [-0.2, -0.15) is 0 Å². The molecule has 0 radical (unpaired) electrons. The highest BCUT2D eigenvalue weighted by Crippen LogP contribution is 2.30.